The third-order valence-corrected chi connectivity index (χ3v) is 6.64. The van der Waals surface area contributed by atoms with Crippen molar-refractivity contribution >= 4 is 5.91 Å². The molecule has 1 N–H and O–H groups in total. The molecule has 1 saturated heterocycles. The van der Waals surface area contributed by atoms with Crippen LogP contribution in [0.25, 0.3) is 0 Å². The molecule has 27 heavy (non-hydrogen) atoms. The van der Waals surface area contributed by atoms with E-state index >= 15 is 0 Å². The van der Waals surface area contributed by atoms with Gasteiger partial charge in [0.15, 0.2) is 0 Å². The summed E-state index contributed by atoms with van der Waals surface area (Å²) >= 11 is 0. The van der Waals surface area contributed by atoms with Crippen molar-refractivity contribution < 1.29 is 4.79 Å². The van der Waals surface area contributed by atoms with Gasteiger partial charge in [-0.2, -0.15) is 0 Å². The molecule has 0 unspecified atom stereocenters. The zero-order valence-electron chi connectivity index (χ0n) is 16.3. The summed E-state index contributed by atoms with van der Waals surface area (Å²) in [7, 11) is 2.19. The van der Waals surface area contributed by atoms with Gasteiger partial charge in [-0.05, 0) is 68.4 Å². The molecule has 0 radical (unpaired) electrons. The average Bonchev–Trinajstić information content (AvgIpc) is 3.11. The number of benzene rings is 2. The van der Waals surface area contributed by atoms with Crippen LogP contribution in [0, 0.1) is 0 Å². The number of nitrogens with one attached hydrogen (secondary N) is 1. The van der Waals surface area contributed by atoms with E-state index < -0.39 is 0 Å². The number of rotatable bonds is 5. The van der Waals surface area contributed by atoms with Gasteiger partial charge in [0, 0.05) is 18.4 Å². The first-order chi connectivity index (χ1) is 13.2. The molecule has 0 aromatic heterocycles. The minimum Gasteiger partial charge on any atom is -0.355 e. The zero-order valence-corrected chi connectivity index (χ0v) is 16.3. The second-order valence-electron chi connectivity index (χ2n) is 8.36. The van der Waals surface area contributed by atoms with E-state index in [1.54, 1.807) is 0 Å². The number of hydrogen-bond acceptors (Lipinski definition) is 2. The summed E-state index contributed by atoms with van der Waals surface area (Å²) < 4.78 is 0. The normalized spacial score (nSPS) is 21.6. The summed E-state index contributed by atoms with van der Waals surface area (Å²) in [6, 6.07) is 19.4. The first-order valence-corrected chi connectivity index (χ1v) is 10.2. The van der Waals surface area contributed by atoms with E-state index in [0.29, 0.717) is 12.3 Å². The third-order valence-electron chi connectivity index (χ3n) is 6.64. The van der Waals surface area contributed by atoms with Crippen LogP contribution in [0.2, 0.25) is 0 Å². The molecule has 0 saturated carbocycles. The number of carbonyl (C=O) groups excluding carboxylic acids is 1. The van der Waals surface area contributed by atoms with Gasteiger partial charge in [0.1, 0.15) is 0 Å². The highest BCUT2D eigenvalue weighted by atomic mass is 16.1. The van der Waals surface area contributed by atoms with Crippen LogP contribution in [0.5, 0.6) is 0 Å². The Morgan fingerprint density at radius 1 is 1.07 bits per heavy atom. The Labute approximate surface area is 162 Å². The summed E-state index contributed by atoms with van der Waals surface area (Å²) in [6.45, 7) is 2.92. The highest BCUT2D eigenvalue weighted by Crippen LogP contribution is 2.36. The van der Waals surface area contributed by atoms with E-state index in [9.17, 15) is 4.79 Å². The van der Waals surface area contributed by atoms with Crippen molar-refractivity contribution in [1.82, 2.24) is 10.2 Å². The van der Waals surface area contributed by atoms with Crippen LogP contribution in [0.1, 0.15) is 48.3 Å². The van der Waals surface area contributed by atoms with Crippen molar-refractivity contribution in [3.05, 3.63) is 71.3 Å². The van der Waals surface area contributed by atoms with Gasteiger partial charge in [0.25, 0.3) is 0 Å². The molecule has 0 bridgehead atoms. The quantitative estimate of drug-likeness (QED) is 0.875. The smallest absolute Gasteiger partial charge is 0.220 e. The first kappa shape index (κ1) is 18.2. The van der Waals surface area contributed by atoms with Gasteiger partial charge in [-0.25, -0.2) is 0 Å². The fraction of sp³-hybridized carbons (Fsp3) is 0.458. The first-order valence-electron chi connectivity index (χ1n) is 10.2. The molecule has 3 nitrogen and oxygen atoms in total. The van der Waals surface area contributed by atoms with Crippen molar-refractivity contribution in [3.63, 3.8) is 0 Å². The topological polar surface area (TPSA) is 32.3 Å². The molecule has 2 aromatic carbocycles. The number of hydrogen-bond donors (Lipinski definition) is 1. The van der Waals surface area contributed by atoms with E-state index in [0.717, 1.165) is 45.3 Å². The molecule has 1 amide bonds. The molecule has 1 fully saturated rings. The number of piperidine rings is 1. The van der Waals surface area contributed by atoms with Gasteiger partial charge in [0.05, 0.1) is 0 Å². The molecule has 3 heteroatoms. The van der Waals surface area contributed by atoms with E-state index in [-0.39, 0.29) is 11.3 Å². The highest BCUT2D eigenvalue weighted by molar-refractivity contribution is 5.77. The van der Waals surface area contributed by atoms with Crippen molar-refractivity contribution in [3.8, 4) is 0 Å². The fourth-order valence-electron chi connectivity index (χ4n) is 4.83. The molecular weight excluding hydrogens is 332 g/mol. The number of fused-ring (bicyclic) bond motifs is 1. The van der Waals surface area contributed by atoms with E-state index in [1.165, 1.54) is 16.7 Å². The molecular formula is C24H30N2O. The van der Waals surface area contributed by atoms with Crippen LogP contribution in [0.15, 0.2) is 54.6 Å². The van der Waals surface area contributed by atoms with Gasteiger partial charge in [-0.15, -0.1) is 0 Å². The summed E-state index contributed by atoms with van der Waals surface area (Å²) in [5.41, 5.74) is 4.23. The van der Waals surface area contributed by atoms with Crippen LogP contribution in [0.4, 0.5) is 0 Å². The Bertz CT molecular complexity index is 778. The van der Waals surface area contributed by atoms with Gasteiger partial charge >= 0.3 is 0 Å². The zero-order chi connectivity index (χ0) is 18.7. The number of nitrogens with zero attached hydrogens (tertiary/aromatic N) is 1. The molecule has 142 valence electrons. The van der Waals surface area contributed by atoms with Gasteiger partial charge in [-0.3, -0.25) is 4.79 Å². The number of carbonyl (C=O) groups is 1. The van der Waals surface area contributed by atoms with Crippen LogP contribution < -0.4 is 5.32 Å². The maximum absolute atomic E-state index is 12.8. The Hall–Kier alpha value is -2.13. The van der Waals surface area contributed by atoms with Crippen molar-refractivity contribution in [2.75, 3.05) is 26.7 Å². The Kier molecular flexibility index (Phi) is 5.31. The summed E-state index contributed by atoms with van der Waals surface area (Å²) in [5.74, 6) is 0.581. The maximum Gasteiger partial charge on any atom is 0.220 e. The lowest BCUT2D eigenvalue weighted by Crippen LogP contribution is -2.48. The minimum absolute atomic E-state index is 0.0665. The Morgan fingerprint density at radius 2 is 1.78 bits per heavy atom. The second-order valence-corrected chi connectivity index (χ2v) is 8.36. The van der Waals surface area contributed by atoms with Crippen LogP contribution in [0.3, 0.4) is 0 Å². The van der Waals surface area contributed by atoms with Gasteiger partial charge < -0.3 is 10.2 Å². The SMILES string of the molecule is CN1CCC(CNC(=O)C[C@H]2CCc3ccccc32)(c2ccccc2)CC1. The molecule has 1 atom stereocenters. The Balaban J connectivity index is 1.42. The summed E-state index contributed by atoms with van der Waals surface area (Å²) in [4.78, 5) is 15.2. The van der Waals surface area contributed by atoms with E-state index in [2.05, 4.69) is 71.9 Å². The van der Waals surface area contributed by atoms with Crippen LogP contribution in [-0.2, 0) is 16.6 Å². The number of amides is 1. The van der Waals surface area contributed by atoms with Crippen molar-refractivity contribution in [2.45, 2.75) is 43.4 Å². The molecule has 0 spiro atoms. The molecule has 2 aliphatic rings. The number of aryl methyl sites for hydroxylation is 1. The number of likely N-dealkylation sites (tertiary alicyclic amines) is 1. The molecule has 1 aliphatic heterocycles. The maximum atomic E-state index is 12.8. The summed E-state index contributed by atoms with van der Waals surface area (Å²) in [6.07, 6.45) is 5.01. The highest BCUT2D eigenvalue weighted by Gasteiger charge is 2.36. The second kappa shape index (κ2) is 7.85. The Morgan fingerprint density at radius 3 is 2.56 bits per heavy atom. The monoisotopic (exact) mass is 362 g/mol. The van der Waals surface area contributed by atoms with Crippen LogP contribution >= 0.6 is 0 Å². The fourth-order valence-corrected chi connectivity index (χ4v) is 4.83. The predicted molar refractivity (Wildman–Crippen MR) is 110 cm³/mol. The lowest BCUT2D eigenvalue weighted by Gasteiger charge is -2.41. The standard InChI is InChI=1S/C24H30N2O/c1-26-15-13-24(14-16-26,21-8-3-2-4-9-21)18-25-23(27)17-20-12-11-19-7-5-6-10-22(19)20/h2-10,20H,11-18H2,1H3,(H,25,27)/t20-/m1/s1. The van der Waals surface area contributed by atoms with Gasteiger partial charge in [0.2, 0.25) is 5.91 Å². The van der Waals surface area contributed by atoms with Gasteiger partial charge in [-0.1, -0.05) is 54.6 Å². The van der Waals surface area contributed by atoms with Crippen molar-refractivity contribution in [1.29, 1.82) is 0 Å². The van der Waals surface area contributed by atoms with Crippen LogP contribution in [-0.4, -0.2) is 37.5 Å². The minimum atomic E-state index is 0.0665. The lowest BCUT2D eigenvalue weighted by molar-refractivity contribution is -0.121. The lowest BCUT2D eigenvalue weighted by atomic mass is 9.72. The molecule has 4 rings (SSSR count). The molecule has 1 heterocycles. The third kappa shape index (κ3) is 3.93. The molecule has 2 aromatic rings. The van der Waals surface area contributed by atoms with E-state index in [4.69, 9.17) is 0 Å². The van der Waals surface area contributed by atoms with Crippen molar-refractivity contribution in [2.24, 2.45) is 0 Å². The predicted octanol–water partition coefficient (Wildman–Crippen LogP) is 3.89. The van der Waals surface area contributed by atoms with E-state index in [1.807, 2.05) is 0 Å². The largest absolute Gasteiger partial charge is 0.355 e. The average molecular weight is 363 g/mol. The summed E-state index contributed by atoms with van der Waals surface area (Å²) in [5, 5.41) is 3.31. The molecule has 1 aliphatic carbocycles.